The molecule has 2 aromatic rings. The highest BCUT2D eigenvalue weighted by atomic mass is 19.1. The number of hydrogen-bond acceptors (Lipinski definition) is 4. The van der Waals surface area contributed by atoms with Gasteiger partial charge in [-0.2, -0.15) is 0 Å². The SMILES string of the molecule is CCOC(=O)CNCc1ccc(-c2ccc(F)cc2)o1. The second kappa shape index (κ2) is 6.86. The Hall–Kier alpha value is -2.14. The normalized spacial score (nSPS) is 10.5. The fourth-order valence-electron chi connectivity index (χ4n) is 1.74. The Morgan fingerprint density at radius 2 is 2.00 bits per heavy atom. The average Bonchev–Trinajstić information content (AvgIpc) is 2.89. The first-order valence-electron chi connectivity index (χ1n) is 6.40. The molecule has 0 amide bonds. The Morgan fingerprint density at radius 1 is 1.25 bits per heavy atom. The number of ether oxygens (including phenoxy) is 1. The Bertz CT molecular complexity index is 563. The summed E-state index contributed by atoms with van der Waals surface area (Å²) < 4.78 is 23.2. The number of nitrogens with one attached hydrogen (secondary N) is 1. The minimum Gasteiger partial charge on any atom is -0.465 e. The van der Waals surface area contributed by atoms with Crippen LogP contribution in [0.15, 0.2) is 40.8 Å². The molecule has 0 saturated carbocycles. The lowest BCUT2D eigenvalue weighted by molar-refractivity contribution is -0.142. The fourth-order valence-corrected chi connectivity index (χ4v) is 1.74. The average molecular weight is 277 g/mol. The molecular weight excluding hydrogens is 261 g/mol. The fraction of sp³-hybridized carbons (Fsp3) is 0.267. The third-order valence-corrected chi connectivity index (χ3v) is 2.66. The number of halogens is 1. The highest BCUT2D eigenvalue weighted by Gasteiger charge is 2.06. The molecule has 1 heterocycles. The van der Waals surface area contributed by atoms with Crippen LogP contribution in [0.1, 0.15) is 12.7 Å². The molecule has 2 rings (SSSR count). The first kappa shape index (κ1) is 14.3. The van der Waals surface area contributed by atoms with Crippen molar-refractivity contribution in [3.05, 3.63) is 48.0 Å². The van der Waals surface area contributed by atoms with Crippen LogP contribution in [-0.2, 0) is 16.1 Å². The largest absolute Gasteiger partial charge is 0.465 e. The van der Waals surface area contributed by atoms with Gasteiger partial charge >= 0.3 is 5.97 Å². The van der Waals surface area contributed by atoms with E-state index in [-0.39, 0.29) is 18.3 Å². The maximum absolute atomic E-state index is 12.8. The summed E-state index contributed by atoms with van der Waals surface area (Å²) in [4.78, 5) is 11.1. The predicted octanol–water partition coefficient (Wildman–Crippen LogP) is 2.74. The number of hydrogen-bond donors (Lipinski definition) is 1. The maximum Gasteiger partial charge on any atom is 0.319 e. The number of carbonyl (C=O) groups excluding carboxylic acids is 1. The molecule has 0 unspecified atom stereocenters. The molecule has 0 aliphatic carbocycles. The summed E-state index contributed by atoms with van der Waals surface area (Å²) in [6, 6.07) is 9.71. The number of furan rings is 1. The zero-order valence-corrected chi connectivity index (χ0v) is 11.2. The topological polar surface area (TPSA) is 51.5 Å². The van der Waals surface area contributed by atoms with Crippen molar-refractivity contribution in [1.29, 1.82) is 0 Å². The van der Waals surface area contributed by atoms with Crippen molar-refractivity contribution < 1.29 is 18.3 Å². The van der Waals surface area contributed by atoms with Crippen molar-refractivity contribution in [2.24, 2.45) is 0 Å². The number of carbonyl (C=O) groups is 1. The first-order chi connectivity index (χ1) is 9.69. The van der Waals surface area contributed by atoms with Gasteiger partial charge in [0.25, 0.3) is 0 Å². The molecule has 1 N–H and O–H groups in total. The molecule has 1 aromatic carbocycles. The Morgan fingerprint density at radius 3 is 2.70 bits per heavy atom. The van der Waals surface area contributed by atoms with E-state index < -0.39 is 0 Å². The van der Waals surface area contributed by atoms with Crippen molar-refractivity contribution in [2.45, 2.75) is 13.5 Å². The van der Waals surface area contributed by atoms with Gasteiger partial charge in [-0.1, -0.05) is 0 Å². The molecule has 4 nitrogen and oxygen atoms in total. The third-order valence-electron chi connectivity index (χ3n) is 2.66. The van der Waals surface area contributed by atoms with E-state index in [4.69, 9.17) is 9.15 Å². The van der Waals surface area contributed by atoms with E-state index in [1.165, 1.54) is 12.1 Å². The summed E-state index contributed by atoms with van der Waals surface area (Å²) in [5.74, 6) is 0.793. The zero-order valence-electron chi connectivity index (χ0n) is 11.2. The molecule has 0 radical (unpaired) electrons. The van der Waals surface area contributed by atoms with Crippen LogP contribution >= 0.6 is 0 Å². The van der Waals surface area contributed by atoms with E-state index in [2.05, 4.69) is 5.32 Å². The lowest BCUT2D eigenvalue weighted by Gasteiger charge is -2.02. The van der Waals surface area contributed by atoms with E-state index in [9.17, 15) is 9.18 Å². The van der Waals surface area contributed by atoms with Crippen LogP contribution in [0.5, 0.6) is 0 Å². The van der Waals surface area contributed by atoms with Crippen molar-refractivity contribution in [3.8, 4) is 11.3 Å². The Labute approximate surface area is 116 Å². The molecule has 106 valence electrons. The van der Waals surface area contributed by atoms with Crippen molar-refractivity contribution in [1.82, 2.24) is 5.32 Å². The summed E-state index contributed by atoms with van der Waals surface area (Å²) in [5.41, 5.74) is 0.808. The molecule has 1 aromatic heterocycles. The van der Waals surface area contributed by atoms with Crippen LogP contribution in [0.4, 0.5) is 4.39 Å². The van der Waals surface area contributed by atoms with E-state index in [1.54, 1.807) is 19.1 Å². The molecule has 0 aliphatic heterocycles. The Balaban J connectivity index is 1.89. The molecule has 0 bridgehead atoms. The molecular formula is C15H16FNO3. The van der Waals surface area contributed by atoms with Gasteiger partial charge in [0.2, 0.25) is 0 Å². The second-order valence-corrected chi connectivity index (χ2v) is 4.18. The monoisotopic (exact) mass is 277 g/mol. The predicted molar refractivity (Wildman–Crippen MR) is 72.4 cm³/mol. The highest BCUT2D eigenvalue weighted by molar-refractivity contribution is 5.71. The van der Waals surface area contributed by atoms with Gasteiger partial charge in [0, 0.05) is 5.56 Å². The maximum atomic E-state index is 12.8. The van der Waals surface area contributed by atoms with Gasteiger partial charge in [-0.15, -0.1) is 0 Å². The summed E-state index contributed by atoms with van der Waals surface area (Å²) in [6.07, 6.45) is 0. The van der Waals surface area contributed by atoms with Gasteiger partial charge in [0.1, 0.15) is 17.3 Å². The smallest absolute Gasteiger partial charge is 0.319 e. The zero-order chi connectivity index (χ0) is 14.4. The van der Waals surface area contributed by atoms with Gasteiger partial charge in [0.15, 0.2) is 0 Å². The Kier molecular flexibility index (Phi) is 4.90. The van der Waals surface area contributed by atoms with Crippen LogP contribution < -0.4 is 5.32 Å². The minimum absolute atomic E-state index is 0.139. The quantitative estimate of drug-likeness (QED) is 0.825. The van der Waals surface area contributed by atoms with E-state index in [1.807, 2.05) is 12.1 Å². The first-order valence-corrected chi connectivity index (χ1v) is 6.40. The van der Waals surface area contributed by atoms with Crippen molar-refractivity contribution in [2.75, 3.05) is 13.2 Å². The van der Waals surface area contributed by atoms with Crippen molar-refractivity contribution in [3.63, 3.8) is 0 Å². The van der Waals surface area contributed by atoms with Crippen LogP contribution in [0, 0.1) is 5.82 Å². The molecule has 0 atom stereocenters. The van der Waals surface area contributed by atoms with Crippen LogP contribution in [-0.4, -0.2) is 19.1 Å². The minimum atomic E-state index is -0.294. The van der Waals surface area contributed by atoms with Gasteiger partial charge in [0.05, 0.1) is 19.7 Å². The molecule has 5 heteroatoms. The third kappa shape index (κ3) is 3.93. The highest BCUT2D eigenvalue weighted by Crippen LogP contribution is 2.22. The number of benzene rings is 1. The van der Waals surface area contributed by atoms with Crippen LogP contribution in [0.3, 0.4) is 0 Å². The molecule has 0 aliphatic rings. The van der Waals surface area contributed by atoms with Crippen LogP contribution in [0.25, 0.3) is 11.3 Å². The molecule has 0 spiro atoms. The summed E-state index contributed by atoms with van der Waals surface area (Å²) in [5, 5.41) is 2.93. The molecule has 20 heavy (non-hydrogen) atoms. The summed E-state index contributed by atoms with van der Waals surface area (Å²) in [7, 11) is 0. The standard InChI is InChI=1S/C15H16FNO3/c1-2-19-15(18)10-17-9-13-7-8-14(20-13)11-3-5-12(16)6-4-11/h3-8,17H,2,9-10H2,1H3. The second-order valence-electron chi connectivity index (χ2n) is 4.18. The summed E-state index contributed by atoms with van der Waals surface area (Å²) in [6.45, 7) is 2.70. The number of esters is 1. The molecule has 0 saturated heterocycles. The van der Waals surface area contributed by atoms with Crippen molar-refractivity contribution >= 4 is 5.97 Å². The van der Waals surface area contributed by atoms with E-state index in [0.29, 0.717) is 24.7 Å². The van der Waals surface area contributed by atoms with Gasteiger partial charge in [-0.05, 0) is 43.3 Å². The van der Waals surface area contributed by atoms with Gasteiger partial charge in [-0.3, -0.25) is 10.1 Å². The van der Waals surface area contributed by atoms with E-state index in [0.717, 1.165) is 5.56 Å². The summed E-state index contributed by atoms with van der Waals surface area (Å²) >= 11 is 0. The molecule has 0 fully saturated rings. The lowest BCUT2D eigenvalue weighted by atomic mass is 10.2. The van der Waals surface area contributed by atoms with E-state index >= 15 is 0 Å². The van der Waals surface area contributed by atoms with Gasteiger partial charge in [-0.25, -0.2) is 4.39 Å². The van der Waals surface area contributed by atoms with Gasteiger partial charge < -0.3 is 9.15 Å². The number of rotatable bonds is 6. The van der Waals surface area contributed by atoms with Crippen LogP contribution in [0.2, 0.25) is 0 Å². The lowest BCUT2D eigenvalue weighted by Crippen LogP contribution is -2.24.